The molecule has 0 spiro atoms. The number of benzene rings is 4. The molecule has 1 N–H and O–H groups in total. The minimum atomic E-state index is 0.221. The molecule has 0 amide bonds. The molecule has 0 aliphatic rings. The van der Waals surface area contributed by atoms with Crippen molar-refractivity contribution in [2.75, 3.05) is 4.90 Å². The van der Waals surface area contributed by atoms with Crippen LogP contribution in [0.25, 0.3) is 0 Å². The fourth-order valence-corrected chi connectivity index (χ4v) is 2.91. The molecule has 3 nitrogen and oxygen atoms in total. The van der Waals surface area contributed by atoms with Crippen LogP contribution in [0.15, 0.2) is 109 Å². The average molecular weight is 353 g/mol. The van der Waals surface area contributed by atoms with Crippen LogP contribution >= 0.6 is 0 Å². The first kappa shape index (κ1) is 16.7. The molecule has 0 bridgehead atoms. The molecule has 132 valence electrons. The van der Waals surface area contributed by atoms with Crippen LogP contribution in [0.3, 0.4) is 0 Å². The van der Waals surface area contributed by atoms with Gasteiger partial charge in [-0.05, 0) is 72.8 Å². The van der Waals surface area contributed by atoms with Crippen molar-refractivity contribution in [3.8, 4) is 17.2 Å². The van der Waals surface area contributed by atoms with Gasteiger partial charge >= 0.3 is 0 Å². The quantitative estimate of drug-likeness (QED) is 0.436. The van der Waals surface area contributed by atoms with E-state index < -0.39 is 0 Å². The normalized spacial score (nSPS) is 10.4. The number of hydrogen-bond donors (Lipinski definition) is 1. The predicted octanol–water partition coefficient (Wildman–Crippen LogP) is 6.65. The molecule has 0 unspecified atom stereocenters. The van der Waals surface area contributed by atoms with E-state index in [1.165, 1.54) is 0 Å². The van der Waals surface area contributed by atoms with Gasteiger partial charge in [0.2, 0.25) is 0 Å². The second-order valence-electron chi connectivity index (χ2n) is 6.10. The summed E-state index contributed by atoms with van der Waals surface area (Å²) in [6, 6.07) is 35.2. The van der Waals surface area contributed by atoms with Crippen molar-refractivity contribution in [1.82, 2.24) is 0 Å². The molecule has 0 aliphatic carbocycles. The van der Waals surface area contributed by atoms with Crippen molar-refractivity contribution in [2.45, 2.75) is 0 Å². The fourth-order valence-electron chi connectivity index (χ4n) is 2.91. The van der Waals surface area contributed by atoms with E-state index in [9.17, 15) is 5.11 Å². The van der Waals surface area contributed by atoms with E-state index in [2.05, 4.69) is 29.2 Å². The number of para-hydroxylation sites is 2. The first-order valence-corrected chi connectivity index (χ1v) is 8.77. The standard InChI is InChI=1S/C24H19NO2/c26-22-13-17-24(18-14-22)27-23-15-11-21(12-16-23)25(19-7-3-1-4-8-19)20-9-5-2-6-10-20/h1-18,26H. The Kier molecular flexibility index (Phi) is 4.75. The lowest BCUT2D eigenvalue weighted by molar-refractivity contribution is 0.464. The largest absolute Gasteiger partial charge is 0.508 e. The van der Waals surface area contributed by atoms with Gasteiger partial charge in [0, 0.05) is 17.1 Å². The van der Waals surface area contributed by atoms with Gasteiger partial charge in [-0.25, -0.2) is 0 Å². The predicted molar refractivity (Wildman–Crippen MR) is 109 cm³/mol. The molecule has 0 radical (unpaired) electrons. The monoisotopic (exact) mass is 353 g/mol. The molecule has 0 saturated heterocycles. The minimum Gasteiger partial charge on any atom is -0.508 e. The van der Waals surface area contributed by atoms with Crippen LogP contribution in [-0.2, 0) is 0 Å². The van der Waals surface area contributed by atoms with Gasteiger partial charge in [0.15, 0.2) is 0 Å². The fraction of sp³-hybridized carbons (Fsp3) is 0. The summed E-state index contributed by atoms with van der Waals surface area (Å²) in [6.45, 7) is 0. The molecule has 0 atom stereocenters. The van der Waals surface area contributed by atoms with E-state index in [-0.39, 0.29) is 5.75 Å². The topological polar surface area (TPSA) is 32.7 Å². The van der Waals surface area contributed by atoms with Crippen molar-refractivity contribution in [3.05, 3.63) is 109 Å². The number of nitrogens with zero attached hydrogens (tertiary/aromatic N) is 1. The highest BCUT2D eigenvalue weighted by Crippen LogP contribution is 2.35. The summed E-state index contributed by atoms with van der Waals surface area (Å²) in [5, 5.41) is 9.38. The number of hydrogen-bond acceptors (Lipinski definition) is 3. The number of aromatic hydroxyl groups is 1. The Morgan fingerprint density at radius 1 is 0.481 bits per heavy atom. The molecule has 0 saturated carbocycles. The molecular formula is C24H19NO2. The highest BCUT2D eigenvalue weighted by molar-refractivity contribution is 5.76. The highest BCUT2D eigenvalue weighted by Gasteiger charge is 2.11. The average Bonchev–Trinajstić information content (AvgIpc) is 2.73. The third kappa shape index (κ3) is 3.93. The maximum absolute atomic E-state index is 9.38. The Morgan fingerprint density at radius 3 is 1.37 bits per heavy atom. The van der Waals surface area contributed by atoms with Crippen LogP contribution in [0.2, 0.25) is 0 Å². The van der Waals surface area contributed by atoms with Gasteiger partial charge < -0.3 is 14.7 Å². The van der Waals surface area contributed by atoms with E-state index in [1.54, 1.807) is 24.3 Å². The van der Waals surface area contributed by atoms with Crippen LogP contribution in [0.5, 0.6) is 17.2 Å². The lowest BCUT2D eigenvalue weighted by Gasteiger charge is -2.25. The summed E-state index contributed by atoms with van der Waals surface area (Å²) < 4.78 is 5.85. The summed E-state index contributed by atoms with van der Waals surface area (Å²) in [4.78, 5) is 2.20. The molecule has 3 heteroatoms. The van der Waals surface area contributed by atoms with Crippen molar-refractivity contribution in [3.63, 3.8) is 0 Å². The van der Waals surface area contributed by atoms with Crippen LogP contribution in [0, 0.1) is 0 Å². The Morgan fingerprint density at radius 2 is 0.889 bits per heavy atom. The SMILES string of the molecule is Oc1ccc(Oc2ccc(N(c3ccccc3)c3ccccc3)cc2)cc1. The van der Waals surface area contributed by atoms with Gasteiger partial charge in [0.05, 0.1) is 0 Å². The maximum atomic E-state index is 9.38. The zero-order chi connectivity index (χ0) is 18.5. The second-order valence-corrected chi connectivity index (χ2v) is 6.10. The van der Waals surface area contributed by atoms with E-state index in [1.807, 2.05) is 60.7 Å². The van der Waals surface area contributed by atoms with Gasteiger partial charge in [0.1, 0.15) is 17.2 Å². The smallest absolute Gasteiger partial charge is 0.127 e. The van der Waals surface area contributed by atoms with Gasteiger partial charge in [-0.1, -0.05) is 36.4 Å². The van der Waals surface area contributed by atoms with E-state index in [0.29, 0.717) is 5.75 Å². The zero-order valence-electron chi connectivity index (χ0n) is 14.7. The Balaban J connectivity index is 1.64. The molecular weight excluding hydrogens is 334 g/mol. The van der Waals surface area contributed by atoms with Gasteiger partial charge in [-0.3, -0.25) is 0 Å². The number of phenols is 1. The molecule has 27 heavy (non-hydrogen) atoms. The molecule has 0 aromatic heterocycles. The first-order valence-electron chi connectivity index (χ1n) is 8.77. The molecule has 0 heterocycles. The van der Waals surface area contributed by atoms with Crippen molar-refractivity contribution < 1.29 is 9.84 Å². The van der Waals surface area contributed by atoms with Crippen LogP contribution in [0.1, 0.15) is 0 Å². The Bertz CT molecular complexity index is 942. The lowest BCUT2D eigenvalue weighted by Crippen LogP contribution is -2.09. The van der Waals surface area contributed by atoms with Crippen LogP contribution < -0.4 is 9.64 Å². The Hall–Kier alpha value is -3.72. The molecule has 4 aromatic rings. The summed E-state index contributed by atoms with van der Waals surface area (Å²) in [7, 11) is 0. The third-order valence-electron chi connectivity index (χ3n) is 4.20. The van der Waals surface area contributed by atoms with Crippen LogP contribution in [-0.4, -0.2) is 5.11 Å². The molecule has 0 fully saturated rings. The second kappa shape index (κ2) is 7.67. The summed E-state index contributed by atoms with van der Waals surface area (Å²) in [6.07, 6.45) is 0. The maximum Gasteiger partial charge on any atom is 0.127 e. The Labute approximate surface area is 158 Å². The lowest BCUT2D eigenvalue weighted by atomic mass is 10.2. The van der Waals surface area contributed by atoms with Gasteiger partial charge in [0.25, 0.3) is 0 Å². The van der Waals surface area contributed by atoms with Crippen LogP contribution in [0.4, 0.5) is 17.1 Å². The number of anilines is 3. The number of phenolic OH excluding ortho intramolecular Hbond substituents is 1. The third-order valence-corrected chi connectivity index (χ3v) is 4.20. The number of ether oxygens (including phenoxy) is 1. The number of rotatable bonds is 5. The van der Waals surface area contributed by atoms with E-state index >= 15 is 0 Å². The summed E-state index contributed by atoms with van der Waals surface area (Å²) in [5.74, 6) is 1.65. The molecule has 4 rings (SSSR count). The van der Waals surface area contributed by atoms with E-state index in [0.717, 1.165) is 22.8 Å². The van der Waals surface area contributed by atoms with Crippen molar-refractivity contribution >= 4 is 17.1 Å². The summed E-state index contributed by atoms with van der Waals surface area (Å²) >= 11 is 0. The molecule has 0 aliphatic heterocycles. The van der Waals surface area contributed by atoms with Gasteiger partial charge in [-0.2, -0.15) is 0 Å². The molecule has 4 aromatic carbocycles. The highest BCUT2D eigenvalue weighted by atomic mass is 16.5. The minimum absolute atomic E-state index is 0.221. The van der Waals surface area contributed by atoms with Gasteiger partial charge in [-0.15, -0.1) is 0 Å². The first-order chi connectivity index (χ1) is 13.3. The summed E-state index contributed by atoms with van der Waals surface area (Å²) in [5.41, 5.74) is 3.23. The van der Waals surface area contributed by atoms with Crippen molar-refractivity contribution in [2.24, 2.45) is 0 Å². The van der Waals surface area contributed by atoms with Crippen molar-refractivity contribution in [1.29, 1.82) is 0 Å². The zero-order valence-corrected chi connectivity index (χ0v) is 14.7. The van der Waals surface area contributed by atoms with E-state index in [4.69, 9.17) is 4.74 Å².